The average molecular weight is 421 g/mol. The second-order valence-electron chi connectivity index (χ2n) is 6.87. The molecule has 0 spiro atoms. The number of amides is 2. The Balaban J connectivity index is 1.70. The molecule has 0 saturated heterocycles. The summed E-state index contributed by atoms with van der Waals surface area (Å²) in [6.45, 7) is 7.22. The lowest BCUT2D eigenvalue weighted by Gasteiger charge is -2.05. The quantitative estimate of drug-likeness (QED) is 0.489. The van der Waals surface area contributed by atoms with Crippen molar-refractivity contribution < 1.29 is 9.59 Å². The third kappa shape index (κ3) is 3.54. The van der Waals surface area contributed by atoms with Crippen molar-refractivity contribution in [3.05, 3.63) is 47.8 Å². The molecule has 0 radical (unpaired) electrons. The van der Waals surface area contributed by atoms with E-state index in [2.05, 4.69) is 30.9 Å². The van der Waals surface area contributed by atoms with Crippen LogP contribution < -0.4 is 10.6 Å². The number of hydrogen-bond acceptors (Lipinski definition) is 6. The SMILES string of the molecule is CCn1cc(NC(=O)c2cc3nccc(-c4cnn(CC)c4C)n3n2)c(C(=O)NC)n1. The van der Waals surface area contributed by atoms with E-state index in [-0.39, 0.29) is 17.3 Å². The highest BCUT2D eigenvalue weighted by molar-refractivity contribution is 6.07. The van der Waals surface area contributed by atoms with Gasteiger partial charge in [-0.15, -0.1) is 0 Å². The van der Waals surface area contributed by atoms with Gasteiger partial charge in [-0.3, -0.25) is 19.0 Å². The second kappa shape index (κ2) is 8.01. The summed E-state index contributed by atoms with van der Waals surface area (Å²) in [6.07, 6.45) is 5.07. The number of hydrogen-bond donors (Lipinski definition) is 2. The smallest absolute Gasteiger partial charge is 0.276 e. The molecule has 0 unspecified atom stereocenters. The number of rotatable bonds is 6. The van der Waals surface area contributed by atoms with Gasteiger partial charge >= 0.3 is 0 Å². The van der Waals surface area contributed by atoms with E-state index < -0.39 is 5.91 Å². The highest BCUT2D eigenvalue weighted by Gasteiger charge is 2.21. The van der Waals surface area contributed by atoms with Gasteiger partial charge in [-0.2, -0.15) is 15.3 Å². The molecule has 11 nitrogen and oxygen atoms in total. The van der Waals surface area contributed by atoms with Crippen LogP contribution in [0, 0.1) is 6.92 Å². The van der Waals surface area contributed by atoms with Crippen molar-refractivity contribution in [1.82, 2.24) is 39.5 Å². The summed E-state index contributed by atoms with van der Waals surface area (Å²) in [7, 11) is 1.51. The topological polar surface area (TPSA) is 124 Å². The molecule has 0 aliphatic carbocycles. The highest BCUT2D eigenvalue weighted by atomic mass is 16.2. The lowest BCUT2D eigenvalue weighted by molar-refractivity contribution is 0.0958. The summed E-state index contributed by atoms with van der Waals surface area (Å²) >= 11 is 0. The van der Waals surface area contributed by atoms with E-state index in [9.17, 15) is 9.59 Å². The molecule has 4 aromatic rings. The lowest BCUT2D eigenvalue weighted by Crippen LogP contribution is -2.21. The Morgan fingerprint density at radius 1 is 1.13 bits per heavy atom. The molecule has 2 amide bonds. The van der Waals surface area contributed by atoms with Crippen molar-refractivity contribution in [2.75, 3.05) is 12.4 Å². The molecule has 0 saturated carbocycles. The Labute approximate surface area is 178 Å². The summed E-state index contributed by atoms with van der Waals surface area (Å²) in [5.41, 5.74) is 3.86. The zero-order valence-electron chi connectivity index (χ0n) is 17.7. The molecule has 4 rings (SSSR count). The number of fused-ring (bicyclic) bond motifs is 1. The van der Waals surface area contributed by atoms with E-state index in [1.165, 1.54) is 7.05 Å². The fraction of sp³-hybridized carbons (Fsp3) is 0.300. The molecule has 0 atom stereocenters. The third-order valence-electron chi connectivity index (χ3n) is 5.05. The van der Waals surface area contributed by atoms with E-state index >= 15 is 0 Å². The van der Waals surface area contributed by atoms with Crippen LogP contribution in [0.1, 0.15) is 40.5 Å². The first-order valence-corrected chi connectivity index (χ1v) is 9.95. The Hall–Kier alpha value is -4.02. The van der Waals surface area contributed by atoms with Crippen LogP contribution in [-0.2, 0) is 13.1 Å². The Kier molecular flexibility index (Phi) is 5.24. The summed E-state index contributed by atoms with van der Waals surface area (Å²) in [5, 5.41) is 18.3. The molecule has 11 heteroatoms. The lowest BCUT2D eigenvalue weighted by atomic mass is 10.2. The van der Waals surface area contributed by atoms with E-state index in [1.807, 2.05) is 31.5 Å². The Morgan fingerprint density at radius 2 is 1.94 bits per heavy atom. The van der Waals surface area contributed by atoms with Crippen molar-refractivity contribution in [2.24, 2.45) is 0 Å². The van der Waals surface area contributed by atoms with Gasteiger partial charge in [0.25, 0.3) is 11.8 Å². The average Bonchev–Trinajstić information content (AvgIpc) is 3.49. The van der Waals surface area contributed by atoms with Crippen molar-refractivity contribution in [3.8, 4) is 11.3 Å². The molecule has 0 aromatic carbocycles. The molecule has 0 aliphatic rings. The summed E-state index contributed by atoms with van der Waals surface area (Å²) < 4.78 is 5.09. The van der Waals surface area contributed by atoms with Gasteiger partial charge in [0.15, 0.2) is 17.0 Å². The minimum absolute atomic E-state index is 0.142. The molecule has 160 valence electrons. The third-order valence-corrected chi connectivity index (χ3v) is 5.05. The zero-order chi connectivity index (χ0) is 22.1. The number of nitrogens with one attached hydrogen (secondary N) is 2. The predicted molar refractivity (Wildman–Crippen MR) is 114 cm³/mol. The van der Waals surface area contributed by atoms with Crippen LogP contribution >= 0.6 is 0 Å². The maximum atomic E-state index is 12.9. The molecule has 0 aliphatic heterocycles. The first-order valence-electron chi connectivity index (χ1n) is 9.95. The number of aromatic nitrogens is 7. The van der Waals surface area contributed by atoms with Gasteiger partial charge in [0, 0.05) is 49.9 Å². The van der Waals surface area contributed by atoms with E-state index in [0.29, 0.717) is 17.9 Å². The first-order chi connectivity index (χ1) is 15.0. The van der Waals surface area contributed by atoms with Gasteiger partial charge in [-0.1, -0.05) is 0 Å². The summed E-state index contributed by atoms with van der Waals surface area (Å²) in [4.78, 5) is 29.3. The molecule has 31 heavy (non-hydrogen) atoms. The van der Waals surface area contributed by atoms with Gasteiger partial charge in [-0.05, 0) is 26.8 Å². The number of nitrogens with zero attached hydrogens (tertiary/aromatic N) is 7. The van der Waals surface area contributed by atoms with Crippen LogP contribution in [0.25, 0.3) is 16.9 Å². The molecule has 0 fully saturated rings. The first kappa shape index (κ1) is 20.3. The Morgan fingerprint density at radius 3 is 2.61 bits per heavy atom. The second-order valence-corrected chi connectivity index (χ2v) is 6.87. The van der Waals surface area contributed by atoms with Crippen LogP contribution in [0.4, 0.5) is 5.69 Å². The van der Waals surface area contributed by atoms with Crippen LogP contribution in [-0.4, -0.2) is 53.0 Å². The van der Waals surface area contributed by atoms with Gasteiger partial charge in [0.1, 0.15) is 0 Å². The van der Waals surface area contributed by atoms with Gasteiger partial charge in [-0.25, -0.2) is 9.50 Å². The van der Waals surface area contributed by atoms with E-state index in [1.54, 1.807) is 33.9 Å². The minimum Gasteiger partial charge on any atom is -0.354 e. The van der Waals surface area contributed by atoms with E-state index in [0.717, 1.165) is 23.5 Å². The van der Waals surface area contributed by atoms with Crippen molar-refractivity contribution in [1.29, 1.82) is 0 Å². The minimum atomic E-state index is -0.460. The highest BCUT2D eigenvalue weighted by Crippen LogP contribution is 2.24. The summed E-state index contributed by atoms with van der Waals surface area (Å²) in [5.74, 6) is -0.844. The molecule has 4 aromatic heterocycles. The molecular weight excluding hydrogens is 398 g/mol. The maximum absolute atomic E-state index is 12.9. The predicted octanol–water partition coefficient (Wildman–Crippen LogP) is 1.75. The van der Waals surface area contributed by atoms with Crippen LogP contribution in [0.3, 0.4) is 0 Å². The van der Waals surface area contributed by atoms with Crippen LogP contribution in [0.2, 0.25) is 0 Å². The normalized spacial score (nSPS) is 11.1. The Bertz CT molecular complexity index is 1280. The molecular formula is C20H23N9O2. The molecule has 0 bridgehead atoms. The summed E-state index contributed by atoms with van der Waals surface area (Å²) in [6, 6.07) is 3.43. The van der Waals surface area contributed by atoms with Crippen LogP contribution in [0.5, 0.6) is 0 Å². The van der Waals surface area contributed by atoms with Gasteiger partial charge in [0.05, 0.1) is 17.6 Å². The number of anilines is 1. The molecule has 2 N–H and O–H groups in total. The van der Waals surface area contributed by atoms with Gasteiger partial charge < -0.3 is 10.6 Å². The van der Waals surface area contributed by atoms with E-state index in [4.69, 9.17) is 0 Å². The number of aryl methyl sites for hydroxylation is 2. The number of carbonyl (C=O) groups is 2. The van der Waals surface area contributed by atoms with Crippen molar-refractivity contribution in [2.45, 2.75) is 33.9 Å². The fourth-order valence-electron chi connectivity index (χ4n) is 3.37. The zero-order valence-corrected chi connectivity index (χ0v) is 17.7. The van der Waals surface area contributed by atoms with Gasteiger partial charge in [0.2, 0.25) is 0 Å². The fourth-order valence-corrected chi connectivity index (χ4v) is 3.37. The van der Waals surface area contributed by atoms with Crippen molar-refractivity contribution >= 4 is 23.1 Å². The molecule has 4 heterocycles. The largest absolute Gasteiger partial charge is 0.354 e. The maximum Gasteiger partial charge on any atom is 0.276 e. The van der Waals surface area contributed by atoms with Crippen LogP contribution in [0.15, 0.2) is 30.7 Å². The van der Waals surface area contributed by atoms with Crippen molar-refractivity contribution in [3.63, 3.8) is 0 Å². The standard InChI is InChI=1S/C20H23N9O2/c1-5-27-11-15(18(26-27)20(31)21-4)24-19(30)14-9-17-22-8-7-16(29(17)25-14)13-10-23-28(6-2)12(13)3/h7-11H,5-6H2,1-4H3,(H,21,31)(H,24,30). The number of carbonyl (C=O) groups excluding carboxylic acids is 2. The monoisotopic (exact) mass is 421 g/mol.